The monoisotopic (exact) mass is 274 g/mol. The molecular weight excluding hydrogens is 263 g/mol. The van der Waals surface area contributed by atoms with Gasteiger partial charge in [0.1, 0.15) is 12.4 Å². The number of hydrogen-bond acceptors (Lipinski definition) is 2. The van der Waals surface area contributed by atoms with E-state index in [-0.39, 0.29) is 18.2 Å². The van der Waals surface area contributed by atoms with E-state index in [1.165, 1.54) is 13.2 Å². The molecule has 0 radical (unpaired) electrons. The van der Waals surface area contributed by atoms with Crippen LogP contribution in [-0.4, -0.2) is 19.5 Å². The van der Waals surface area contributed by atoms with Crippen LogP contribution in [0.3, 0.4) is 0 Å². The summed E-state index contributed by atoms with van der Waals surface area (Å²) in [5.74, 6) is -0.297. The van der Waals surface area contributed by atoms with Crippen LogP contribution in [0.1, 0.15) is 12.0 Å². The summed E-state index contributed by atoms with van der Waals surface area (Å²) in [7, 11) is 1.47. The maximum Gasteiger partial charge on any atom is 0.158 e. The van der Waals surface area contributed by atoms with E-state index in [4.69, 9.17) is 4.74 Å². The number of hydrogen-bond donors (Lipinski definition) is 0. The Bertz CT molecular complexity index is 352. The third-order valence-electron chi connectivity index (χ3n) is 1.99. The quantitative estimate of drug-likeness (QED) is 0.826. The number of carbonyl (C=O) groups excluding carboxylic acids is 1. The van der Waals surface area contributed by atoms with Crippen LogP contribution in [0.25, 0.3) is 0 Å². The summed E-state index contributed by atoms with van der Waals surface area (Å²) >= 11 is 3.17. The highest BCUT2D eigenvalue weighted by Crippen LogP contribution is 2.16. The number of benzene rings is 1. The molecular formula is C11H12BrFO2. The minimum atomic E-state index is -0.283. The second-order valence-corrected chi connectivity index (χ2v) is 4.12. The molecule has 4 heteroatoms. The third kappa shape index (κ3) is 4.10. The topological polar surface area (TPSA) is 26.3 Å². The molecule has 0 fully saturated rings. The normalized spacial score (nSPS) is 10.3. The van der Waals surface area contributed by atoms with Crippen molar-refractivity contribution in [3.05, 3.63) is 34.1 Å². The Kier molecular flexibility index (Phi) is 4.91. The van der Waals surface area contributed by atoms with Gasteiger partial charge in [-0.2, -0.15) is 0 Å². The highest BCUT2D eigenvalue weighted by molar-refractivity contribution is 9.10. The minimum Gasteiger partial charge on any atom is -0.377 e. The summed E-state index contributed by atoms with van der Waals surface area (Å²) < 4.78 is 18.7. The van der Waals surface area contributed by atoms with Gasteiger partial charge >= 0.3 is 0 Å². The Hall–Kier alpha value is -0.740. The zero-order valence-electron chi connectivity index (χ0n) is 8.43. The second kappa shape index (κ2) is 5.98. The van der Waals surface area contributed by atoms with Crippen LogP contribution in [-0.2, 0) is 16.0 Å². The first-order valence-electron chi connectivity index (χ1n) is 4.58. The average Bonchev–Trinajstić information content (AvgIpc) is 2.17. The summed E-state index contributed by atoms with van der Waals surface area (Å²) in [6.07, 6.45) is 0.730. The molecule has 0 aliphatic rings. The fourth-order valence-electron chi connectivity index (χ4n) is 1.23. The highest BCUT2D eigenvalue weighted by Gasteiger charge is 2.06. The molecule has 0 aromatic heterocycles. The largest absolute Gasteiger partial charge is 0.377 e. The van der Waals surface area contributed by atoms with Crippen molar-refractivity contribution < 1.29 is 13.9 Å². The fourth-order valence-corrected chi connectivity index (χ4v) is 1.56. The van der Waals surface area contributed by atoms with Gasteiger partial charge in [-0.25, -0.2) is 4.39 Å². The molecule has 0 aliphatic carbocycles. The SMILES string of the molecule is COCC(=O)CCc1ccc(Br)cc1F. The van der Waals surface area contributed by atoms with E-state index < -0.39 is 0 Å². The molecule has 0 bridgehead atoms. The van der Waals surface area contributed by atoms with E-state index in [9.17, 15) is 9.18 Å². The van der Waals surface area contributed by atoms with E-state index >= 15 is 0 Å². The molecule has 2 nitrogen and oxygen atoms in total. The molecule has 1 aromatic carbocycles. The first-order valence-corrected chi connectivity index (χ1v) is 5.37. The number of halogens is 2. The smallest absolute Gasteiger partial charge is 0.158 e. The average molecular weight is 275 g/mol. The van der Waals surface area contributed by atoms with Crippen LogP contribution in [0.4, 0.5) is 4.39 Å². The van der Waals surface area contributed by atoms with Crippen molar-refractivity contribution in [3.8, 4) is 0 Å². The van der Waals surface area contributed by atoms with E-state index in [0.717, 1.165) is 0 Å². The Morgan fingerprint density at radius 2 is 2.27 bits per heavy atom. The first-order chi connectivity index (χ1) is 7.13. The summed E-state index contributed by atoms with van der Waals surface area (Å²) in [4.78, 5) is 11.1. The van der Waals surface area contributed by atoms with Gasteiger partial charge < -0.3 is 4.74 Å². The van der Waals surface area contributed by atoms with Gasteiger partial charge in [-0.15, -0.1) is 0 Å². The number of carbonyl (C=O) groups is 1. The Morgan fingerprint density at radius 1 is 1.53 bits per heavy atom. The van der Waals surface area contributed by atoms with Crippen LogP contribution in [0, 0.1) is 5.82 Å². The molecule has 0 saturated heterocycles. The molecule has 15 heavy (non-hydrogen) atoms. The van der Waals surface area contributed by atoms with Crippen molar-refractivity contribution in [1.29, 1.82) is 0 Å². The van der Waals surface area contributed by atoms with Gasteiger partial charge in [0, 0.05) is 18.0 Å². The van der Waals surface area contributed by atoms with E-state index in [1.54, 1.807) is 12.1 Å². The number of Topliss-reactive ketones (excluding diaryl/α,β-unsaturated/α-hetero) is 1. The van der Waals surface area contributed by atoms with Crippen molar-refractivity contribution >= 4 is 21.7 Å². The van der Waals surface area contributed by atoms with Crippen molar-refractivity contribution in [1.82, 2.24) is 0 Å². The lowest BCUT2D eigenvalue weighted by molar-refractivity contribution is -0.122. The second-order valence-electron chi connectivity index (χ2n) is 3.21. The summed E-state index contributed by atoms with van der Waals surface area (Å²) in [5, 5.41) is 0. The van der Waals surface area contributed by atoms with Gasteiger partial charge in [0.05, 0.1) is 0 Å². The van der Waals surface area contributed by atoms with Crippen LogP contribution in [0.15, 0.2) is 22.7 Å². The predicted octanol–water partition coefficient (Wildman–Crippen LogP) is 2.74. The zero-order chi connectivity index (χ0) is 11.3. The van der Waals surface area contributed by atoms with E-state index in [1.807, 2.05) is 0 Å². The van der Waals surface area contributed by atoms with Crippen molar-refractivity contribution in [3.63, 3.8) is 0 Å². The summed E-state index contributed by atoms with van der Waals surface area (Å²) in [6.45, 7) is 0.0954. The lowest BCUT2D eigenvalue weighted by Crippen LogP contribution is -2.08. The predicted molar refractivity (Wildman–Crippen MR) is 59.3 cm³/mol. The number of aryl methyl sites for hydroxylation is 1. The number of ether oxygens (including phenoxy) is 1. The molecule has 1 aromatic rings. The van der Waals surface area contributed by atoms with Crippen molar-refractivity contribution in [2.75, 3.05) is 13.7 Å². The Labute approximate surface area is 96.6 Å². The van der Waals surface area contributed by atoms with Crippen LogP contribution >= 0.6 is 15.9 Å². The lowest BCUT2D eigenvalue weighted by atomic mass is 10.1. The molecule has 82 valence electrons. The molecule has 0 aliphatic heterocycles. The van der Waals surface area contributed by atoms with Crippen LogP contribution < -0.4 is 0 Å². The third-order valence-corrected chi connectivity index (χ3v) is 2.49. The highest BCUT2D eigenvalue weighted by atomic mass is 79.9. The number of ketones is 1. The van der Waals surface area contributed by atoms with Gasteiger partial charge in [0.15, 0.2) is 5.78 Å². The number of methoxy groups -OCH3 is 1. The molecule has 1 rings (SSSR count). The Balaban J connectivity index is 2.54. The van der Waals surface area contributed by atoms with E-state index in [2.05, 4.69) is 15.9 Å². The first kappa shape index (κ1) is 12.3. The van der Waals surface area contributed by atoms with Crippen LogP contribution in [0.2, 0.25) is 0 Å². The standard InChI is InChI=1S/C11H12BrFO2/c1-15-7-10(14)5-3-8-2-4-9(12)6-11(8)13/h2,4,6H,3,5,7H2,1H3. The van der Waals surface area contributed by atoms with Crippen molar-refractivity contribution in [2.45, 2.75) is 12.8 Å². The molecule has 0 unspecified atom stereocenters. The van der Waals surface area contributed by atoms with E-state index in [0.29, 0.717) is 22.9 Å². The molecule has 0 saturated carbocycles. The molecule has 0 N–H and O–H groups in total. The lowest BCUT2D eigenvalue weighted by Gasteiger charge is -2.03. The van der Waals surface area contributed by atoms with Crippen molar-refractivity contribution in [2.24, 2.45) is 0 Å². The van der Waals surface area contributed by atoms with Gasteiger partial charge in [-0.05, 0) is 24.1 Å². The van der Waals surface area contributed by atoms with Crippen LogP contribution in [0.5, 0.6) is 0 Å². The fraction of sp³-hybridized carbons (Fsp3) is 0.364. The van der Waals surface area contributed by atoms with Gasteiger partial charge in [0.25, 0.3) is 0 Å². The maximum atomic E-state index is 13.3. The zero-order valence-corrected chi connectivity index (χ0v) is 10.0. The molecule has 0 amide bonds. The summed E-state index contributed by atoms with van der Waals surface area (Å²) in [6, 6.07) is 4.84. The van der Waals surface area contributed by atoms with Gasteiger partial charge in [-0.3, -0.25) is 4.79 Å². The molecule has 0 atom stereocenters. The maximum absolute atomic E-state index is 13.3. The van der Waals surface area contributed by atoms with Gasteiger partial charge in [-0.1, -0.05) is 22.0 Å². The summed E-state index contributed by atoms with van der Waals surface area (Å²) in [5.41, 5.74) is 0.558. The number of rotatable bonds is 5. The minimum absolute atomic E-state index is 0.0141. The molecule has 0 heterocycles. The molecule has 0 spiro atoms. The van der Waals surface area contributed by atoms with Gasteiger partial charge in [0.2, 0.25) is 0 Å². The Morgan fingerprint density at radius 3 is 2.87 bits per heavy atom.